The van der Waals surface area contributed by atoms with Gasteiger partial charge in [-0.05, 0) is 28.1 Å². The van der Waals surface area contributed by atoms with Gasteiger partial charge in [-0.3, -0.25) is 0 Å². The van der Waals surface area contributed by atoms with Gasteiger partial charge >= 0.3 is 0 Å². The Kier molecular flexibility index (Phi) is 4.32. The lowest BCUT2D eigenvalue weighted by atomic mass is 10.7. The smallest absolute Gasteiger partial charge is 0.206 e. The highest BCUT2D eigenvalue weighted by Gasteiger charge is 2.15. The molecule has 0 spiro atoms. The number of halogens is 2. The Balaban J connectivity index is 2.81. The van der Waals surface area contributed by atoms with Crippen LogP contribution in [0.4, 0.5) is 0 Å². The van der Waals surface area contributed by atoms with Crippen LogP contribution < -0.4 is 4.72 Å². The maximum atomic E-state index is 11.6. The largest absolute Gasteiger partial charge is 0.250 e. The van der Waals surface area contributed by atoms with Crippen LogP contribution in [-0.4, -0.2) is 15.0 Å². The van der Waals surface area contributed by atoms with E-state index in [0.29, 0.717) is 4.48 Å². The molecule has 0 radical (unpaired) electrons. The van der Waals surface area contributed by atoms with Gasteiger partial charge in [-0.1, -0.05) is 22.5 Å². The predicted octanol–water partition coefficient (Wildman–Crippen LogP) is 2.70. The van der Waals surface area contributed by atoms with Gasteiger partial charge in [-0.2, -0.15) is 0 Å². The summed E-state index contributed by atoms with van der Waals surface area (Å²) in [5, 5.41) is 0. The molecular weight excluding hydrogens is 354 g/mol. The molecule has 0 fully saturated rings. The molecule has 0 aliphatic rings. The third kappa shape index (κ3) is 3.47. The van der Waals surface area contributed by atoms with Crippen molar-refractivity contribution in [3.05, 3.63) is 27.0 Å². The van der Waals surface area contributed by atoms with Gasteiger partial charge in [0.25, 0.3) is 0 Å². The van der Waals surface area contributed by atoms with Gasteiger partial charge in [0.1, 0.15) is 4.21 Å². The molecule has 1 aromatic heterocycles. The summed E-state index contributed by atoms with van der Waals surface area (Å²) in [4.78, 5) is 0. The molecule has 0 atom stereocenters. The zero-order valence-corrected chi connectivity index (χ0v) is 11.8. The van der Waals surface area contributed by atoms with Crippen LogP contribution in [0.15, 0.2) is 31.2 Å². The second-order valence-corrected chi connectivity index (χ2v) is 7.98. The predicted molar refractivity (Wildman–Crippen MR) is 65.3 cm³/mol. The van der Waals surface area contributed by atoms with Crippen molar-refractivity contribution >= 4 is 53.2 Å². The highest BCUT2D eigenvalue weighted by atomic mass is 79.9. The third-order valence-corrected chi connectivity index (χ3v) is 5.06. The van der Waals surface area contributed by atoms with E-state index >= 15 is 0 Å². The minimum Gasteiger partial charge on any atom is -0.206 e. The summed E-state index contributed by atoms with van der Waals surface area (Å²) >= 11 is 7.45. The zero-order chi connectivity index (χ0) is 10.8. The summed E-state index contributed by atoms with van der Waals surface area (Å²) in [6, 6.07) is 3.25. The zero-order valence-electron chi connectivity index (χ0n) is 6.96. The fourth-order valence-corrected chi connectivity index (χ4v) is 4.09. The highest BCUT2D eigenvalue weighted by Crippen LogP contribution is 2.25. The Morgan fingerprint density at radius 1 is 1.57 bits per heavy atom. The van der Waals surface area contributed by atoms with Crippen molar-refractivity contribution in [1.82, 2.24) is 4.72 Å². The first-order valence-corrected chi connectivity index (χ1v) is 7.38. The van der Waals surface area contributed by atoms with Crippen LogP contribution in [0.2, 0.25) is 0 Å². The van der Waals surface area contributed by atoms with E-state index in [2.05, 4.69) is 43.2 Å². The molecule has 1 rings (SSSR count). The fourth-order valence-electron chi connectivity index (χ4n) is 0.687. The second-order valence-electron chi connectivity index (χ2n) is 2.40. The van der Waals surface area contributed by atoms with E-state index in [0.717, 1.165) is 3.79 Å². The molecule has 0 saturated heterocycles. The maximum absolute atomic E-state index is 11.6. The molecule has 3 nitrogen and oxygen atoms in total. The highest BCUT2D eigenvalue weighted by molar-refractivity contribution is 9.11. The van der Waals surface area contributed by atoms with Crippen molar-refractivity contribution in [1.29, 1.82) is 0 Å². The molecule has 1 N–H and O–H groups in total. The molecule has 1 aromatic rings. The standard InChI is InChI=1S/C7H7Br2NO2S2/c1-5(8)4-10-14(11,12)7-3-2-6(9)13-7/h2-3,10H,1,4H2. The van der Waals surface area contributed by atoms with E-state index in [1.807, 2.05) is 0 Å². The lowest BCUT2D eigenvalue weighted by molar-refractivity contribution is 0.587. The van der Waals surface area contributed by atoms with Gasteiger partial charge < -0.3 is 0 Å². The molecule has 0 aromatic carbocycles. The van der Waals surface area contributed by atoms with Crippen LogP contribution in [0, 0.1) is 0 Å². The van der Waals surface area contributed by atoms with Gasteiger partial charge in [0.15, 0.2) is 0 Å². The molecule has 78 valence electrons. The van der Waals surface area contributed by atoms with Gasteiger partial charge in [0.2, 0.25) is 10.0 Å². The number of rotatable bonds is 4. The minimum atomic E-state index is -3.39. The van der Waals surface area contributed by atoms with E-state index in [4.69, 9.17) is 0 Å². The normalized spacial score (nSPS) is 11.6. The fraction of sp³-hybridized carbons (Fsp3) is 0.143. The molecule has 7 heteroatoms. The third-order valence-electron chi connectivity index (χ3n) is 1.27. The summed E-state index contributed by atoms with van der Waals surface area (Å²) < 4.78 is 27.2. The van der Waals surface area contributed by atoms with Gasteiger partial charge in [-0.25, -0.2) is 13.1 Å². The van der Waals surface area contributed by atoms with E-state index in [9.17, 15) is 8.42 Å². The summed E-state index contributed by atoms with van der Waals surface area (Å²) in [5.74, 6) is 0. The Hall–Kier alpha value is 0.310. The van der Waals surface area contributed by atoms with Crippen molar-refractivity contribution in [2.75, 3.05) is 6.54 Å². The van der Waals surface area contributed by atoms with Crippen molar-refractivity contribution in [3.8, 4) is 0 Å². The molecule has 0 unspecified atom stereocenters. The summed E-state index contributed by atoms with van der Waals surface area (Å²) in [7, 11) is -3.39. The first kappa shape index (κ1) is 12.4. The Bertz CT molecular complexity index is 438. The number of hydrogen-bond acceptors (Lipinski definition) is 3. The van der Waals surface area contributed by atoms with Gasteiger partial charge in [0, 0.05) is 11.0 Å². The lowest BCUT2D eigenvalue weighted by Crippen LogP contribution is -2.23. The average molecular weight is 361 g/mol. The first-order chi connectivity index (χ1) is 6.42. The molecule has 1 heterocycles. The van der Waals surface area contributed by atoms with Crippen LogP contribution in [0.1, 0.15) is 0 Å². The monoisotopic (exact) mass is 359 g/mol. The van der Waals surface area contributed by atoms with Crippen LogP contribution in [-0.2, 0) is 10.0 Å². The molecule has 0 bridgehead atoms. The van der Waals surface area contributed by atoms with Crippen LogP contribution in [0.25, 0.3) is 0 Å². The summed E-state index contributed by atoms with van der Waals surface area (Å²) in [6.45, 7) is 3.73. The molecular formula is C7H7Br2NO2S2. The second kappa shape index (κ2) is 4.89. The number of hydrogen-bond donors (Lipinski definition) is 1. The van der Waals surface area contributed by atoms with E-state index in [1.165, 1.54) is 11.3 Å². The Labute approximate surface area is 104 Å². The molecule has 0 aliphatic heterocycles. The molecule has 14 heavy (non-hydrogen) atoms. The van der Waals surface area contributed by atoms with Crippen molar-refractivity contribution in [3.63, 3.8) is 0 Å². The van der Waals surface area contributed by atoms with Crippen molar-refractivity contribution < 1.29 is 8.42 Å². The molecule has 0 saturated carbocycles. The Morgan fingerprint density at radius 2 is 2.21 bits per heavy atom. The number of sulfonamides is 1. The maximum Gasteiger partial charge on any atom is 0.250 e. The molecule has 0 aliphatic carbocycles. The quantitative estimate of drug-likeness (QED) is 0.897. The Morgan fingerprint density at radius 3 is 2.64 bits per heavy atom. The summed E-state index contributed by atoms with van der Waals surface area (Å²) in [6.07, 6.45) is 0. The minimum absolute atomic E-state index is 0.192. The van der Waals surface area contributed by atoms with E-state index < -0.39 is 10.0 Å². The van der Waals surface area contributed by atoms with Crippen LogP contribution >= 0.6 is 43.2 Å². The van der Waals surface area contributed by atoms with Gasteiger partial charge in [0.05, 0.1) is 3.79 Å². The average Bonchev–Trinajstić information content (AvgIpc) is 2.49. The van der Waals surface area contributed by atoms with Crippen LogP contribution in [0.3, 0.4) is 0 Å². The SMILES string of the molecule is C=C(Br)CNS(=O)(=O)c1ccc(Br)s1. The topological polar surface area (TPSA) is 46.2 Å². The van der Waals surface area contributed by atoms with Crippen molar-refractivity contribution in [2.24, 2.45) is 0 Å². The lowest BCUT2D eigenvalue weighted by Gasteiger charge is -2.02. The molecule has 0 amide bonds. The summed E-state index contributed by atoms with van der Waals surface area (Å²) in [5.41, 5.74) is 0. The van der Waals surface area contributed by atoms with Crippen molar-refractivity contribution in [2.45, 2.75) is 4.21 Å². The van der Waals surface area contributed by atoms with Gasteiger partial charge in [-0.15, -0.1) is 11.3 Å². The van der Waals surface area contributed by atoms with E-state index in [-0.39, 0.29) is 10.8 Å². The van der Waals surface area contributed by atoms with E-state index in [1.54, 1.807) is 12.1 Å². The van der Waals surface area contributed by atoms with Crippen LogP contribution in [0.5, 0.6) is 0 Å². The number of thiophene rings is 1. The first-order valence-electron chi connectivity index (χ1n) is 3.50. The number of nitrogens with one attached hydrogen (secondary N) is 1.